The van der Waals surface area contributed by atoms with E-state index in [2.05, 4.69) is 4.74 Å². The van der Waals surface area contributed by atoms with Gasteiger partial charge in [-0.25, -0.2) is 8.42 Å². The summed E-state index contributed by atoms with van der Waals surface area (Å²) in [7, 11) is -1.70. The van der Waals surface area contributed by atoms with Gasteiger partial charge in [-0.05, 0) is 31.1 Å². The van der Waals surface area contributed by atoms with Gasteiger partial charge in [-0.15, -0.1) is 0 Å². The van der Waals surface area contributed by atoms with Crippen LogP contribution in [-0.2, 0) is 19.4 Å². The number of methoxy groups -OCH3 is 1. The third kappa shape index (κ3) is 3.94. The number of carbonyl (C=O) groups is 1. The maximum Gasteiger partial charge on any atom is 0.306 e. The Labute approximate surface area is 115 Å². The lowest BCUT2D eigenvalue weighted by Crippen LogP contribution is -2.29. The topological polar surface area (TPSA) is 60.4 Å². The zero-order valence-electron chi connectivity index (χ0n) is 11.7. The van der Waals surface area contributed by atoms with Gasteiger partial charge >= 0.3 is 5.97 Å². The molecule has 0 aromatic rings. The first kappa shape index (κ1) is 14.8. The molecular formula is C14H24O4S. The van der Waals surface area contributed by atoms with Gasteiger partial charge in [-0.1, -0.05) is 25.7 Å². The number of hydrogen-bond donors (Lipinski definition) is 0. The van der Waals surface area contributed by atoms with E-state index in [1.54, 1.807) is 0 Å². The zero-order valence-corrected chi connectivity index (χ0v) is 12.5. The van der Waals surface area contributed by atoms with Gasteiger partial charge < -0.3 is 4.74 Å². The number of hydrogen-bond acceptors (Lipinski definition) is 4. The molecule has 0 N–H and O–H groups in total. The summed E-state index contributed by atoms with van der Waals surface area (Å²) in [5.41, 5.74) is -0.307. The molecule has 0 heterocycles. The van der Waals surface area contributed by atoms with E-state index in [0.717, 1.165) is 51.4 Å². The highest BCUT2D eigenvalue weighted by molar-refractivity contribution is 7.92. The highest BCUT2D eigenvalue weighted by Crippen LogP contribution is 2.50. The Hall–Kier alpha value is -0.580. The molecule has 2 aliphatic carbocycles. The van der Waals surface area contributed by atoms with E-state index in [0.29, 0.717) is 0 Å². The normalized spacial score (nSPS) is 23.6. The molecule has 19 heavy (non-hydrogen) atoms. The van der Waals surface area contributed by atoms with Crippen LogP contribution in [0.15, 0.2) is 0 Å². The van der Waals surface area contributed by atoms with Crippen molar-refractivity contribution in [3.8, 4) is 0 Å². The predicted octanol–water partition coefficient (Wildman–Crippen LogP) is 2.47. The summed E-state index contributed by atoms with van der Waals surface area (Å²) in [6.07, 6.45) is 7.89. The van der Waals surface area contributed by atoms with Crippen molar-refractivity contribution in [3.05, 3.63) is 0 Å². The van der Waals surface area contributed by atoms with Crippen molar-refractivity contribution < 1.29 is 17.9 Å². The van der Waals surface area contributed by atoms with E-state index in [1.165, 1.54) is 7.11 Å². The van der Waals surface area contributed by atoms with Crippen LogP contribution in [0, 0.1) is 5.41 Å². The van der Waals surface area contributed by atoms with Crippen molar-refractivity contribution in [2.24, 2.45) is 5.41 Å². The average Bonchev–Trinajstić information content (AvgIpc) is 3.12. The van der Waals surface area contributed by atoms with E-state index in [9.17, 15) is 13.2 Å². The van der Waals surface area contributed by atoms with Gasteiger partial charge in [0.25, 0.3) is 0 Å². The molecule has 0 saturated heterocycles. The van der Waals surface area contributed by atoms with Crippen LogP contribution in [-0.4, -0.2) is 32.5 Å². The van der Waals surface area contributed by atoms with Gasteiger partial charge in [0.2, 0.25) is 0 Å². The molecule has 0 unspecified atom stereocenters. The molecular weight excluding hydrogens is 264 g/mol. The molecule has 110 valence electrons. The summed E-state index contributed by atoms with van der Waals surface area (Å²) in [6.45, 7) is 0. The third-order valence-corrected chi connectivity index (χ3v) is 7.02. The second-order valence-corrected chi connectivity index (χ2v) is 8.45. The minimum atomic E-state index is -3.06. The number of ether oxygens (including phenoxy) is 1. The van der Waals surface area contributed by atoms with Gasteiger partial charge in [0, 0.05) is 0 Å². The molecule has 2 saturated carbocycles. The van der Waals surface area contributed by atoms with Crippen LogP contribution in [0.3, 0.4) is 0 Å². The van der Waals surface area contributed by atoms with E-state index >= 15 is 0 Å². The Bertz CT molecular complexity index is 415. The Morgan fingerprint density at radius 2 is 1.74 bits per heavy atom. The second-order valence-electron chi connectivity index (χ2n) is 6.17. The molecule has 4 nitrogen and oxygen atoms in total. The van der Waals surface area contributed by atoms with Crippen molar-refractivity contribution >= 4 is 15.8 Å². The first-order valence-electron chi connectivity index (χ1n) is 7.26. The number of sulfone groups is 1. The maximum absolute atomic E-state index is 12.5. The predicted molar refractivity (Wildman–Crippen MR) is 73.6 cm³/mol. The highest BCUT2D eigenvalue weighted by Gasteiger charge is 2.49. The molecule has 0 amide bonds. The first-order chi connectivity index (χ1) is 8.97. The first-order valence-corrected chi connectivity index (χ1v) is 8.97. The average molecular weight is 288 g/mol. The van der Waals surface area contributed by atoms with Crippen molar-refractivity contribution in [1.82, 2.24) is 0 Å². The number of carbonyl (C=O) groups excluding carboxylic acids is 1. The quantitative estimate of drug-likeness (QED) is 0.576. The Morgan fingerprint density at radius 3 is 2.21 bits per heavy atom. The van der Waals surface area contributed by atoms with Crippen molar-refractivity contribution in [2.45, 2.75) is 63.0 Å². The van der Waals surface area contributed by atoms with Crippen LogP contribution in [0.2, 0.25) is 0 Å². The standard InChI is InChI=1S/C14H24O4S/c1-18-13(15)10-14(8-9-14)11-19(16,17)12-6-4-2-3-5-7-12/h12H,2-11H2,1H3. The lowest BCUT2D eigenvalue weighted by Gasteiger charge is -2.19. The molecule has 0 atom stereocenters. The van der Waals surface area contributed by atoms with Crippen LogP contribution in [0.1, 0.15) is 57.8 Å². The van der Waals surface area contributed by atoms with Crippen LogP contribution in [0.25, 0.3) is 0 Å². The SMILES string of the molecule is COC(=O)CC1(CS(=O)(=O)C2CCCCCC2)CC1. The molecule has 2 fully saturated rings. The second kappa shape index (κ2) is 5.81. The van der Waals surface area contributed by atoms with Gasteiger partial charge in [-0.3, -0.25) is 4.79 Å². The summed E-state index contributed by atoms with van der Waals surface area (Å²) in [6, 6.07) is 0. The summed E-state index contributed by atoms with van der Waals surface area (Å²) >= 11 is 0. The van der Waals surface area contributed by atoms with E-state index < -0.39 is 9.84 Å². The molecule has 2 aliphatic rings. The fourth-order valence-electron chi connectivity index (χ4n) is 3.07. The molecule has 0 radical (unpaired) electrons. The van der Waals surface area contributed by atoms with Gasteiger partial charge in [0.15, 0.2) is 9.84 Å². The monoisotopic (exact) mass is 288 g/mol. The lowest BCUT2D eigenvalue weighted by atomic mass is 10.1. The Balaban J connectivity index is 1.98. The van der Waals surface area contributed by atoms with Crippen LogP contribution >= 0.6 is 0 Å². The molecule has 0 bridgehead atoms. The molecule has 0 aliphatic heterocycles. The summed E-state index contributed by atoms with van der Waals surface area (Å²) in [5.74, 6) is -0.103. The van der Waals surface area contributed by atoms with Crippen LogP contribution < -0.4 is 0 Å². The summed E-state index contributed by atoms with van der Waals surface area (Å²) in [5, 5.41) is -0.176. The fraction of sp³-hybridized carbons (Fsp3) is 0.929. The van der Waals surface area contributed by atoms with Gasteiger partial charge in [0.1, 0.15) is 0 Å². The Morgan fingerprint density at radius 1 is 1.16 bits per heavy atom. The van der Waals surface area contributed by atoms with E-state index in [1.807, 2.05) is 0 Å². The van der Waals surface area contributed by atoms with Gasteiger partial charge in [-0.2, -0.15) is 0 Å². The van der Waals surface area contributed by atoms with Gasteiger partial charge in [0.05, 0.1) is 24.5 Å². The molecule has 0 aromatic carbocycles. The summed E-state index contributed by atoms with van der Waals surface area (Å²) < 4.78 is 29.7. The highest BCUT2D eigenvalue weighted by atomic mass is 32.2. The molecule has 5 heteroatoms. The van der Waals surface area contributed by atoms with E-state index in [-0.39, 0.29) is 28.8 Å². The lowest BCUT2D eigenvalue weighted by molar-refractivity contribution is -0.141. The van der Waals surface area contributed by atoms with Crippen molar-refractivity contribution in [3.63, 3.8) is 0 Å². The zero-order chi connectivity index (χ0) is 13.9. The van der Waals surface area contributed by atoms with Crippen molar-refractivity contribution in [1.29, 1.82) is 0 Å². The van der Waals surface area contributed by atoms with Crippen molar-refractivity contribution in [2.75, 3.05) is 12.9 Å². The van der Waals surface area contributed by atoms with Crippen LogP contribution in [0.4, 0.5) is 0 Å². The third-order valence-electron chi connectivity index (χ3n) is 4.52. The molecule has 0 aromatic heterocycles. The number of rotatable bonds is 5. The van der Waals surface area contributed by atoms with Crippen LogP contribution in [0.5, 0.6) is 0 Å². The minimum Gasteiger partial charge on any atom is -0.469 e. The summed E-state index contributed by atoms with van der Waals surface area (Å²) in [4.78, 5) is 11.4. The molecule has 2 rings (SSSR count). The molecule has 0 spiro atoms. The largest absolute Gasteiger partial charge is 0.469 e. The smallest absolute Gasteiger partial charge is 0.306 e. The van der Waals surface area contributed by atoms with E-state index in [4.69, 9.17) is 0 Å². The Kier molecular flexibility index (Phi) is 4.54. The number of esters is 1. The maximum atomic E-state index is 12.5. The fourth-order valence-corrected chi connectivity index (χ4v) is 5.60. The minimum absolute atomic E-state index is 0.176.